The van der Waals surface area contributed by atoms with Gasteiger partial charge < -0.3 is 20.1 Å². The number of sulfonamides is 1. The van der Waals surface area contributed by atoms with Crippen LogP contribution in [0, 0.1) is 0 Å². The summed E-state index contributed by atoms with van der Waals surface area (Å²) in [6.07, 6.45) is 1.14. The molecule has 0 unspecified atom stereocenters. The number of morpholine rings is 1. The van der Waals surface area contributed by atoms with E-state index in [1.807, 2.05) is 36.4 Å². The number of ether oxygens (including phenoxy) is 1. The van der Waals surface area contributed by atoms with E-state index in [0.29, 0.717) is 43.5 Å². The van der Waals surface area contributed by atoms with E-state index in [-0.39, 0.29) is 5.75 Å². The van der Waals surface area contributed by atoms with Crippen LogP contribution in [0.5, 0.6) is 5.75 Å². The summed E-state index contributed by atoms with van der Waals surface area (Å²) in [6, 6.07) is 20.1. The number of aromatic hydroxyl groups is 1. The average Bonchev–Trinajstić information content (AvgIpc) is 2.85. The number of nitrogens with zero attached hydrogens (tertiary/aromatic N) is 3. The predicted octanol–water partition coefficient (Wildman–Crippen LogP) is 3.95. The van der Waals surface area contributed by atoms with Gasteiger partial charge in [-0.05, 0) is 36.4 Å². The molecule has 0 saturated carbocycles. The molecule has 0 amide bonds. The standard InChI is InChI=1S/C25H25N5O4S/c1-35(32,33)29-22-16-17(6-11-23(22)30-12-14-34-15-13-30)24-20-4-2-3-5-21(20)25(28-27-24)26-18-7-9-19(31)10-8-18/h2-11,16,29,31H,12-15H2,1H3,(H,26,28). The second-order valence-corrected chi connectivity index (χ2v) is 10.1. The Bertz CT molecular complexity index is 1470. The number of anilines is 4. The molecule has 1 aliphatic heterocycles. The van der Waals surface area contributed by atoms with Crippen LogP contribution >= 0.6 is 0 Å². The molecule has 0 aliphatic carbocycles. The van der Waals surface area contributed by atoms with Crippen molar-refractivity contribution in [3.8, 4) is 17.0 Å². The molecule has 4 aromatic rings. The van der Waals surface area contributed by atoms with E-state index >= 15 is 0 Å². The van der Waals surface area contributed by atoms with E-state index in [0.717, 1.165) is 34.0 Å². The first-order chi connectivity index (χ1) is 16.9. The zero-order chi connectivity index (χ0) is 24.4. The van der Waals surface area contributed by atoms with Gasteiger partial charge in [-0.2, -0.15) is 0 Å². The molecule has 9 nitrogen and oxygen atoms in total. The zero-order valence-corrected chi connectivity index (χ0v) is 19.9. The van der Waals surface area contributed by atoms with Crippen LogP contribution in [-0.2, 0) is 14.8 Å². The molecule has 0 atom stereocenters. The molecule has 1 fully saturated rings. The predicted molar refractivity (Wildman–Crippen MR) is 138 cm³/mol. The lowest BCUT2D eigenvalue weighted by Gasteiger charge is -2.30. The van der Waals surface area contributed by atoms with Gasteiger partial charge >= 0.3 is 0 Å². The van der Waals surface area contributed by atoms with Crippen molar-refractivity contribution in [1.82, 2.24) is 10.2 Å². The van der Waals surface area contributed by atoms with Gasteiger partial charge in [0.15, 0.2) is 5.82 Å². The van der Waals surface area contributed by atoms with E-state index in [4.69, 9.17) is 4.74 Å². The fourth-order valence-corrected chi connectivity index (χ4v) is 4.70. The Morgan fingerprint density at radius 3 is 2.37 bits per heavy atom. The maximum atomic E-state index is 12.1. The highest BCUT2D eigenvalue weighted by atomic mass is 32.2. The van der Waals surface area contributed by atoms with Crippen LogP contribution in [0.25, 0.3) is 22.0 Å². The first-order valence-corrected chi connectivity index (χ1v) is 13.0. The van der Waals surface area contributed by atoms with E-state index in [9.17, 15) is 13.5 Å². The van der Waals surface area contributed by atoms with Gasteiger partial charge in [0.1, 0.15) is 11.4 Å². The van der Waals surface area contributed by atoms with Crippen molar-refractivity contribution in [3.63, 3.8) is 0 Å². The highest BCUT2D eigenvalue weighted by Gasteiger charge is 2.19. The average molecular weight is 492 g/mol. The third kappa shape index (κ3) is 5.13. The number of fused-ring (bicyclic) bond motifs is 1. The number of hydrogen-bond donors (Lipinski definition) is 3. The Labute approximate surface area is 203 Å². The van der Waals surface area contributed by atoms with Gasteiger partial charge in [0, 0.05) is 35.1 Å². The summed E-state index contributed by atoms with van der Waals surface area (Å²) in [5, 5.41) is 23.5. The third-order valence-corrected chi connectivity index (χ3v) is 6.33. The minimum Gasteiger partial charge on any atom is -0.508 e. The Balaban J connectivity index is 1.58. The van der Waals surface area contributed by atoms with Gasteiger partial charge in [-0.25, -0.2) is 8.42 Å². The van der Waals surface area contributed by atoms with Gasteiger partial charge in [-0.3, -0.25) is 4.72 Å². The number of rotatable bonds is 6. The second kappa shape index (κ2) is 9.40. The second-order valence-electron chi connectivity index (χ2n) is 8.32. The van der Waals surface area contributed by atoms with Crippen LogP contribution in [0.3, 0.4) is 0 Å². The highest BCUT2D eigenvalue weighted by Crippen LogP contribution is 2.36. The van der Waals surface area contributed by atoms with Crippen molar-refractivity contribution in [3.05, 3.63) is 66.7 Å². The van der Waals surface area contributed by atoms with Crippen LogP contribution in [0.4, 0.5) is 22.9 Å². The number of hydrogen-bond acceptors (Lipinski definition) is 8. The molecular weight excluding hydrogens is 466 g/mol. The fourth-order valence-electron chi connectivity index (χ4n) is 4.14. The van der Waals surface area contributed by atoms with E-state index in [1.54, 1.807) is 30.3 Å². The Hall–Kier alpha value is -3.89. The molecule has 0 radical (unpaired) electrons. The molecule has 0 spiro atoms. The van der Waals surface area contributed by atoms with Crippen molar-refractivity contribution in [2.45, 2.75) is 0 Å². The molecule has 1 aliphatic rings. The summed E-state index contributed by atoms with van der Waals surface area (Å²) in [6.45, 7) is 2.54. The zero-order valence-electron chi connectivity index (χ0n) is 19.1. The molecule has 3 N–H and O–H groups in total. The maximum Gasteiger partial charge on any atom is 0.229 e. The molecule has 10 heteroatoms. The molecule has 2 heterocycles. The van der Waals surface area contributed by atoms with Crippen molar-refractivity contribution < 1.29 is 18.3 Å². The lowest BCUT2D eigenvalue weighted by atomic mass is 10.0. The molecule has 1 aromatic heterocycles. The normalized spacial score (nSPS) is 14.1. The Morgan fingerprint density at radius 1 is 0.943 bits per heavy atom. The summed E-state index contributed by atoms with van der Waals surface area (Å²) in [5.41, 5.74) is 3.44. The third-order valence-electron chi connectivity index (χ3n) is 5.73. The number of nitrogens with one attached hydrogen (secondary N) is 2. The Kier molecular flexibility index (Phi) is 6.14. The van der Waals surface area contributed by atoms with Crippen molar-refractivity contribution in [2.75, 3.05) is 47.5 Å². The largest absolute Gasteiger partial charge is 0.508 e. The van der Waals surface area contributed by atoms with E-state index in [1.165, 1.54) is 0 Å². The number of phenols is 1. The topological polar surface area (TPSA) is 117 Å². The van der Waals surface area contributed by atoms with Crippen LogP contribution in [0.15, 0.2) is 66.7 Å². The van der Waals surface area contributed by atoms with Gasteiger partial charge in [0.05, 0.1) is 30.8 Å². The molecular formula is C25H25N5O4S. The van der Waals surface area contributed by atoms with Crippen LogP contribution in [0.2, 0.25) is 0 Å². The summed E-state index contributed by atoms with van der Waals surface area (Å²) >= 11 is 0. The summed E-state index contributed by atoms with van der Waals surface area (Å²) in [5.74, 6) is 0.760. The SMILES string of the molecule is CS(=O)(=O)Nc1cc(-c2nnc(Nc3ccc(O)cc3)c3ccccc23)ccc1N1CCOCC1. The minimum absolute atomic E-state index is 0.181. The molecule has 3 aromatic carbocycles. The highest BCUT2D eigenvalue weighted by molar-refractivity contribution is 7.92. The summed E-state index contributed by atoms with van der Waals surface area (Å²) < 4.78 is 32.4. The lowest BCUT2D eigenvalue weighted by molar-refractivity contribution is 0.123. The number of benzene rings is 3. The fraction of sp³-hybridized carbons (Fsp3) is 0.200. The van der Waals surface area contributed by atoms with Crippen LogP contribution < -0.4 is 14.9 Å². The first-order valence-electron chi connectivity index (χ1n) is 11.1. The molecule has 5 rings (SSSR count). The quantitative estimate of drug-likeness (QED) is 0.347. The molecule has 180 valence electrons. The molecule has 1 saturated heterocycles. The van der Waals surface area contributed by atoms with E-state index in [2.05, 4.69) is 25.1 Å². The van der Waals surface area contributed by atoms with Gasteiger partial charge in [-0.1, -0.05) is 30.3 Å². The van der Waals surface area contributed by atoms with Gasteiger partial charge in [0.25, 0.3) is 0 Å². The van der Waals surface area contributed by atoms with Crippen LogP contribution in [0.1, 0.15) is 0 Å². The Morgan fingerprint density at radius 2 is 1.66 bits per heavy atom. The number of phenolic OH excluding ortho intramolecular Hbond substituents is 1. The first kappa shape index (κ1) is 22.9. The summed E-state index contributed by atoms with van der Waals surface area (Å²) in [4.78, 5) is 2.11. The van der Waals surface area contributed by atoms with Crippen LogP contribution in [-0.4, -0.2) is 56.3 Å². The van der Waals surface area contributed by atoms with E-state index < -0.39 is 10.0 Å². The molecule has 0 bridgehead atoms. The number of aromatic nitrogens is 2. The van der Waals surface area contributed by atoms with Crippen molar-refractivity contribution >= 4 is 43.7 Å². The lowest BCUT2D eigenvalue weighted by Crippen LogP contribution is -2.36. The van der Waals surface area contributed by atoms with Gasteiger partial charge in [0.2, 0.25) is 10.0 Å². The van der Waals surface area contributed by atoms with Crippen molar-refractivity contribution in [1.29, 1.82) is 0 Å². The van der Waals surface area contributed by atoms with Crippen molar-refractivity contribution in [2.24, 2.45) is 0 Å². The monoisotopic (exact) mass is 491 g/mol. The minimum atomic E-state index is -3.50. The molecule has 35 heavy (non-hydrogen) atoms. The van der Waals surface area contributed by atoms with Gasteiger partial charge in [-0.15, -0.1) is 10.2 Å². The smallest absolute Gasteiger partial charge is 0.229 e. The maximum absolute atomic E-state index is 12.1. The summed E-state index contributed by atoms with van der Waals surface area (Å²) in [7, 11) is -3.50.